The fraction of sp³-hybridized carbons (Fsp3) is 0.294. The number of benzene rings is 1. The lowest BCUT2D eigenvalue weighted by Gasteiger charge is -2.21. The smallest absolute Gasteiger partial charge is 0.181 e. The molecule has 2 N–H and O–H groups in total. The third-order valence-corrected chi connectivity index (χ3v) is 4.84. The number of imidazole rings is 1. The summed E-state index contributed by atoms with van der Waals surface area (Å²) in [6.07, 6.45) is 3.62. The molecular weight excluding hydrogens is 392 g/mol. The maximum Gasteiger partial charge on any atom is 0.181 e. The molecule has 0 saturated carbocycles. The van der Waals surface area contributed by atoms with E-state index in [1.807, 2.05) is 48.7 Å². The molecule has 0 amide bonds. The van der Waals surface area contributed by atoms with Crippen LogP contribution in [0.2, 0.25) is 5.02 Å². The molecule has 3 aromatic rings. The molecule has 7 heteroatoms. The van der Waals surface area contributed by atoms with Crippen LogP contribution in [0.4, 0.5) is 5.82 Å². The first kappa shape index (κ1) is 17.2. The van der Waals surface area contributed by atoms with Gasteiger partial charge in [0.1, 0.15) is 4.60 Å². The Morgan fingerprint density at radius 1 is 1.33 bits per heavy atom. The van der Waals surface area contributed by atoms with Gasteiger partial charge < -0.3 is 10.4 Å². The minimum Gasteiger partial charge on any atom is -0.394 e. The van der Waals surface area contributed by atoms with Gasteiger partial charge >= 0.3 is 0 Å². The molecule has 3 rings (SSSR count). The van der Waals surface area contributed by atoms with Gasteiger partial charge in [-0.2, -0.15) is 0 Å². The third kappa shape index (κ3) is 3.27. The highest BCUT2D eigenvalue weighted by atomic mass is 79.9. The van der Waals surface area contributed by atoms with E-state index in [-0.39, 0.29) is 18.6 Å². The second-order valence-electron chi connectivity index (χ2n) is 5.91. The number of nitrogens with zero attached hydrogens (tertiary/aromatic N) is 3. The molecule has 0 radical (unpaired) electrons. The number of halogens is 2. The van der Waals surface area contributed by atoms with E-state index in [2.05, 4.69) is 26.2 Å². The van der Waals surface area contributed by atoms with Crippen LogP contribution in [0.5, 0.6) is 0 Å². The zero-order chi connectivity index (χ0) is 17.3. The van der Waals surface area contributed by atoms with Gasteiger partial charge in [-0.15, -0.1) is 0 Å². The van der Waals surface area contributed by atoms with Gasteiger partial charge in [0.25, 0.3) is 0 Å². The fourth-order valence-electron chi connectivity index (χ4n) is 2.45. The lowest BCUT2D eigenvalue weighted by molar-refractivity contribution is 0.249. The van der Waals surface area contributed by atoms with Gasteiger partial charge in [-0.05, 0) is 27.9 Å². The molecule has 0 aliphatic rings. The Kier molecular flexibility index (Phi) is 5.08. The van der Waals surface area contributed by atoms with Crippen LogP contribution in [0.25, 0.3) is 16.9 Å². The average molecular weight is 410 g/mol. The van der Waals surface area contributed by atoms with Crippen molar-refractivity contribution in [2.45, 2.75) is 19.9 Å². The summed E-state index contributed by atoms with van der Waals surface area (Å²) in [5, 5.41) is 13.6. The van der Waals surface area contributed by atoms with Crippen molar-refractivity contribution in [1.82, 2.24) is 14.4 Å². The van der Waals surface area contributed by atoms with Gasteiger partial charge in [0.2, 0.25) is 0 Å². The lowest BCUT2D eigenvalue weighted by Crippen LogP contribution is -2.30. The fourth-order valence-corrected chi connectivity index (χ4v) is 3.06. The Morgan fingerprint density at radius 3 is 2.75 bits per heavy atom. The van der Waals surface area contributed by atoms with Crippen LogP contribution in [-0.4, -0.2) is 32.1 Å². The number of aliphatic hydroxyl groups is 1. The van der Waals surface area contributed by atoms with E-state index >= 15 is 0 Å². The monoisotopic (exact) mass is 408 g/mol. The zero-order valence-electron chi connectivity index (χ0n) is 13.4. The Bertz CT molecular complexity index is 865. The summed E-state index contributed by atoms with van der Waals surface area (Å²) < 4.78 is 2.73. The topological polar surface area (TPSA) is 62.5 Å². The first-order chi connectivity index (χ1) is 11.5. The van der Waals surface area contributed by atoms with Crippen molar-refractivity contribution in [3.05, 3.63) is 46.3 Å². The van der Waals surface area contributed by atoms with Crippen molar-refractivity contribution in [3.63, 3.8) is 0 Å². The quantitative estimate of drug-likeness (QED) is 0.661. The SMILES string of the molecule is CC(C)[C@@H](CO)Nc1nc(-c2ccccc2Cl)cn2c(Br)cnc12. The summed E-state index contributed by atoms with van der Waals surface area (Å²) in [5.74, 6) is 0.866. The van der Waals surface area contributed by atoms with Crippen molar-refractivity contribution in [1.29, 1.82) is 0 Å². The molecule has 1 aromatic carbocycles. The van der Waals surface area contributed by atoms with E-state index < -0.39 is 0 Å². The van der Waals surface area contributed by atoms with Crippen LogP contribution < -0.4 is 5.32 Å². The summed E-state index contributed by atoms with van der Waals surface area (Å²) in [5.41, 5.74) is 2.27. The van der Waals surface area contributed by atoms with E-state index in [9.17, 15) is 5.11 Å². The molecule has 2 aromatic heterocycles. The first-order valence-electron chi connectivity index (χ1n) is 7.67. The van der Waals surface area contributed by atoms with E-state index in [1.165, 1.54) is 0 Å². The number of hydrogen-bond acceptors (Lipinski definition) is 4. The minimum absolute atomic E-state index is 0.0176. The highest BCUT2D eigenvalue weighted by Gasteiger charge is 2.18. The predicted octanol–water partition coefficient (Wildman–Crippen LogP) is 4.24. The van der Waals surface area contributed by atoms with Gasteiger partial charge in [-0.1, -0.05) is 43.6 Å². The van der Waals surface area contributed by atoms with Crippen LogP contribution in [0, 0.1) is 5.92 Å². The molecule has 0 unspecified atom stereocenters. The van der Waals surface area contributed by atoms with Crippen molar-refractivity contribution in [2.75, 3.05) is 11.9 Å². The lowest BCUT2D eigenvalue weighted by atomic mass is 10.1. The van der Waals surface area contributed by atoms with E-state index in [4.69, 9.17) is 16.6 Å². The molecule has 2 heterocycles. The normalized spacial score (nSPS) is 12.8. The standard InChI is InChI=1S/C17H18BrClN4O/c1-10(2)14(9-24)22-16-17-20-7-15(18)23(17)8-13(21-16)11-5-3-4-6-12(11)19/h3-8,10,14,24H,9H2,1-2H3,(H,21,22)/t14-/m1/s1. The Balaban J connectivity index is 2.16. The Hall–Kier alpha value is -1.63. The number of nitrogens with one attached hydrogen (secondary N) is 1. The van der Waals surface area contributed by atoms with Crippen LogP contribution in [0.3, 0.4) is 0 Å². The van der Waals surface area contributed by atoms with Crippen molar-refractivity contribution < 1.29 is 5.11 Å². The van der Waals surface area contributed by atoms with Gasteiger partial charge in [0, 0.05) is 11.8 Å². The third-order valence-electron chi connectivity index (χ3n) is 3.92. The second-order valence-corrected chi connectivity index (χ2v) is 7.13. The molecule has 0 fully saturated rings. The van der Waals surface area contributed by atoms with Crippen molar-refractivity contribution in [2.24, 2.45) is 5.92 Å². The predicted molar refractivity (Wildman–Crippen MR) is 100 cm³/mol. The molecule has 126 valence electrons. The number of fused-ring (bicyclic) bond motifs is 1. The Labute approximate surface area is 153 Å². The largest absolute Gasteiger partial charge is 0.394 e. The molecule has 0 spiro atoms. The number of anilines is 1. The number of aromatic nitrogens is 3. The van der Waals surface area contributed by atoms with Crippen LogP contribution in [0.15, 0.2) is 41.3 Å². The average Bonchev–Trinajstić information content (AvgIpc) is 2.94. The highest BCUT2D eigenvalue weighted by Crippen LogP contribution is 2.30. The number of rotatable bonds is 5. The van der Waals surface area contributed by atoms with E-state index in [0.29, 0.717) is 16.5 Å². The van der Waals surface area contributed by atoms with Crippen molar-refractivity contribution >= 4 is 39.0 Å². The summed E-state index contributed by atoms with van der Waals surface area (Å²) in [6.45, 7) is 4.11. The molecule has 0 aliphatic heterocycles. The molecule has 0 aliphatic carbocycles. The summed E-state index contributed by atoms with van der Waals surface area (Å²) in [6, 6.07) is 7.46. The van der Waals surface area contributed by atoms with Gasteiger partial charge in [-0.3, -0.25) is 4.40 Å². The number of hydrogen-bond donors (Lipinski definition) is 2. The molecule has 0 bridgehead atoms. The van der Waals surface area contributed by atoms with Gasteiger partial charge in [0.05, 0.1) is 29.6 Å². The Morgan fingerprint density at radius 2 is 2.08 bits per heavy atom. The highest BCUT2D eigenvalue weighted by molar-refractivity contribution is 9.10. The second kappa shape index (κ2) is 7.09. The maximum atomic E-state index is 9.62. The molecule has 5 nitrogen and oxygen atoms in total. The van der Waals surface area contributed by atoms with Crippen molar-refractivity contribution in [3.8, 4) is 11.3 Å². The molecular formula is C17H18BrClN4O. The number of aliphatic hydroxyl groups excluding tert-OH is 1. The molecule has 24 heavy (non-hydrogen) atoms. The molecule has 1 atom stereocenters. The van der Waals surface area contributed by atoms with Crippen LogP contribution >= 0.6 is 27.5 Å². The summed E-state index contributed by atoms with van der Waals surface area (Å²) >= 11 is 9.82. The zero-order valence-corrected chi connectivity index (χ0v) is 15.7. The van der Waals surface area contributed by atoms with Crippen LogP contribution in [0.1, 0.15) is 13.8 Å². The summed E-state index contributed by atoms with van der Waals surface area (Å²) in [4.78, 5) is 9.10. The maximum absolute atomic E-state index is 9.62. The van der Waals surface area contributed by atoms with E-state index in [1.54, 1.807) is 6.20 Å². The molecule has 0 saturated heterocycles. The first-order valence-corrected chi connectivity index (χ1v) is 8.84. The van der Waals surface area contributed by atoms with E-state index in [0.717, 1.165) is 15.9 Å². The van der Waals surface area contributed by atoms with Crippen LogP contribution in [-0.2, 0) is 0 Å². The van der Waals surface area contributed by atoms with Gasteiger partial charge in [-0.25, -0.2) is 9.97 Å². The minimum atomic E-state index is -0.113. The van der Waals surface area contributed by atoms with Gasteiger partial charge in [0.15, 0.2) is 11.5 Å². The summed E-state index contributed by atoms with van der Waals surface area (Å²) in [7, 11) is 0.